The Kier molecular flexibility index (Phi) is 8.74. The standard InChI is InChI=1S/C40H43N/c1-6-9-32-14-26-38(27-15-32)41(37-24-12-31(5)13-25-37)39-28-18-34(19-29-39)33-16-22-36(23-17-33)40(7-2,8-3)35-20-10-30(4)11-21-35/h10-29H,6-9H2,1-5H3. The van der Waals surface area contributed by atoms with Crippen LogP contribution in [-0.2, 0) is 11.8 Å². The highest BCUT2D eigenvalue weighted by atomic mass is 15.1. The number of benzene rings is 5. The summed E-state index contributed by atoms with van der Waals surface area (Å²) >= 11 is 0. The fourth-order valence-corrected chi connectivity index (χ4v) is 6.13. The molecule has 0 aliphatic heterocycles. The second-order valence-corrected chi connectivity index (χ2v) is 11.4. The van der Waals surface area contributed by atoms with Crippen LogP contribution >= 0.6 is 0 Å². The number of hydrogen-bond acceptors (Lipinski definition) is 1. The van der Waals surface area contributed by atoms with Crippen molar-refractivity contribution in [2.75, 3.05) is 4.90 Å². The topological polar surface area (TPSA) is 3.24 Å². The molecule has 0 fully saturated rings. The molecule has 0 radical (unpaired) electrons. The maximum atomic E-state index is 2.35. The lowest BCUT2D eigenvalue weighted by atomic mass is 9.70. The van der Waals surface area contributed by atoms with Crippen molar-refractivity contribution in [1.29, 1.82) is 0 Å². The van der Waals surface area contributed by atoms with Gasteiger partial charge in [0.05, 0.1) is 0 Å². The van der Waals surface area contributed by atoms with E-state index in [-0.39, 0.29) is 5.41 Å². The molecular weight excluding hydrogens is 494 g/mol. The summed E-state index contributed by atoms with van der Waals surface area (Å²) in [6, 6.07) is 45.2. The van der Waals surface area contributed by atoms with Gasteiger partial charge in [0.2, 0.25) is 0 Å². The Balaban J connectivity index is 1.45. The van der Waals surface area contributed by atoms with E-state index in [0.717, 1.165) is 31.4 Å². The van der Waals surface area contributed by atoms with Gasteiger partial charge in [-0.2, -0.15) is 0 Å². The Morgan fingerprint density at radius 3 is 1.27 bits per heavy atom. The first-order valence-electron chi connectivity index (χ1n) is 15.2. The van der Waals surface area contributed by atoms with Crippen LogP contribution in [0.25, 0.3) is 11.1 Å². The predicted octanol–water partition coefficient (Wildman–Crippen LogP) is 11.5. The van der Waals surface area contributed by atoms with Gasteiger partial charge in [-0.1, -0.05) is 123 Å². The van der Waals surface area contributed by atoms with Gasteiger partial charge in [0.25, 0.3) is 0 Å². The smallest absolute Gasteiger partial charge is 0.0462 e. The molecule has 208 valence electrons. The molecule has 0 heterocycles. The zero-order valence-electron chi connectivity index (χ0n) is 25.3. The number of anilines is 3. The van der Waals surface area contributed by atoms with Crippen LogP contribution in [0.2, 0.25) is 0 Å². The molecule has 0 spiro atoms. The molecule has 0 aromatic heterocycles. The summed E-state index contributed by atoms with van der Waals surface area (Å²) < 4.78 is 0. The normalized spacial score (nSPS) is 11.4. The van der Waals surface area contributed by atoms with E-state index in [1.165, 1.54) is 50.3 Å². The summed E-state index contributed by atoms with van der Waals surface area (Å²) in [7, 11) is 0. The van der Waals surface area contributed by atoms with Crippen molar-refractivity contribution in [1.82, 2.24) is 0 Å². The molecule has 0 atom stereocenters. The van der Waals surface area contributed by atoms with E-state index < -0.39 is 0 Å². The summed E-state index contributed by atoms with van der Waals surface area (Å²) in [6.07, 6.45) is 4.43. The first kappa shape index (κ1) is 28.4. The van der Waals surface area contributed by atoms with Gasteiger partial charge in [-0.25, -0.2) is 0 Å². The quantitative estimate of drug-likeness (QED) is 0.171. The lowest BCUT2D eigenvalue weighted by molar-refractivity contribution is 0.478. The average molecular weight is 538 g/mol. The third kappa shape index (κ3) is 6.00. The molecule has 1 nitrogen and oxygen atoms in total. The minimum Gasteiger partial charge on any atom is -0.311 e. The van der Waals surface area contributed by atoms with Crippen molar-refractivity contribution in [3.63, 3.8) is 0 Å². The zero-order chi connectivity index (χ0) is 28.8. The van der Waals surface area contributed by atoms with Crippen LogP contribution in [0.1, 0.15) is 67.9 Å². The Morgan fingerprint density at radius 2 is 0.829 bits per heavy atom. The van der Waals surface area contributed by atoms with Crippen molar-refractivity contribution < 1.29 is 0 Å². The summed E-state index contributed by atoms with van der Waals surface area (Å²) in [5.41, 5.74) is 12.8. The third-order valence-corrected chi connectivity index (χ3v) is 8.73. The summed E-state index contributed by atoms with van der Waals surface area (Å²) in [5.74, 6) is 0. The predicted molar refractivity (Wildman–Crippen MR) is 178 cm³/mol. The van der Waals surface area contributed by atoms with Crippen LogP contribution in [0.4, 0.5) is 17.1 Å². The Morgan fingerprint density at radius 1 is 0.463 bits per heavy atom. The highest BCUT2D eigenvalue weighted by Gasteiger charge is 2.30. The fourth-order valence-electron chi connectivity index (χ4n) is 6.13. The zero-order valence-corrected chi connectivity index (χ0v) is 25.3. The molecule has 0 bridgehead atoms. The molecule has 0 aliphatic carbocycles. The van der Waals surface area contributed by atoms with E-state index in [9.17, 15) is 0 Å². The van der Waals surface area contributed by atoms with Gasteiger partial charge < -0.3 is 4.90 Å². The molecule has 1 heteroatoms. The largest absolute Gasteiger partial charge is 0.311 e. The molecule has 41 heavy (non-hydrogen) atoms. The second kappa shape index (κ2) is 12.6. The summed E-state index contributed by atoms with van der Waals surface area (Å²) in [5, 5.41) is 0. The molecule has 0 unspecified atom stereocenters. The van der Waals surface area contributed by atoms with E-state index in [2.05, 4.69) is 161 Å². The average Bonchev–Trinajstić information content (AvgIpc) is 3.02. The van der Waals surface area contributed by atoms with Crippen molar-refractivity contribution in [3.8, 4) is 11.1 Å². The SMILES string of the molecule is CCCc1ccc(N(c2ccc(C)cc2)c2ccc(-c3ccc(C(CC)(CC)c4ccc(C)cc4)cc3)cc2)cc1. The van der Waals surface area contributed by atoms with Gasteiger partial charge in [-0.15, -0.1) is 0 Å². The molecule has 5 aromatic rings. The minimum absolute atomic E-state index is 0.0390. The van der Waals surface area contributed by atoms with Gasteiger partial charge in [-0.05, 0) is 97.3 Å². The second-order valence-electron chi connectivity index (χ2n) is 11.4. The van der Waals surface area contributed by atoms with Gasteiger partial charge in [0.15, 0.2) is 0 Å². The highest BCUT2D eigenvalue weighted by Crippen LogP contribution is 2.40. The van der Waals surface area contributed by atoms with Gasteiger partial charge >= 0.3 is 0 Å². The first-order valence-corrected chi connectivity index (χ1v) is 15.2. The lowest BCUT2D eigenvalue weighted by Crippen LogP contribution is -2.26. The summed E-state index contributed by atoms with van der Waals surface area (Å²) in [4.78, 5) is 2.35. The molecule has 5 aromatic carbocycles. The Hall–Kier alpha value is -4.10. The minimum atomic E-state index is 0.0390. The van der Waals surface area contributed by atoms with Crippen LogP contribution in [0.15, 0.2) is 121 Å². The van der Waals surface area contributed by atoms with E-state index in [1.54, 1.807) is 0 Å². The molecular formula is C40H43N. The van der Waals surface area contributed by atoms with Crippen molar-refractivity contribution >= 4 is 17.1 Å². The molecule has 0 saturated heterocycles. The molecule has 0 amide bonds. The van der Waals surface area contributed by atoms with Gasteiger partial charge in [-0.3, -0.25) is 0 Å². The summed E-state index contributed by atoms with van der Waals surface area (Å²) in [6.45, 7) is 11.2. The van der Waals surface area contributed by atoms with Crippen LogP contribution < -0.4 is 4.90 Å². The maximum Gasteiger partial charge on any atom is 0.0462 e. The fraction of sp³-hybridized carbons (Fsp3) is 0.250. The molecule has 5 rings (SSSR count). The molecule has 0 N–H and O–H groups in total. The number of rotatable bonds is 10. The number of nitrogens with zero attached hydrogens (tertiary/aromatic N) is 1. The maximum absolute atomic E-state index is 2.35. The number of hydrogen-bond donors (Lipinski definition) is 0. The Bertz CT molecular complexity index is 1520. The van der Waals surface area contributed by atoms with Crippen LogP contribution in [-0.4, -0.2) is 0 Å². The van der Waals surface area contributed by atoms with Gasteiger partial charge in [0.1, 0.15) is 0 Å². The first-order chi connectivity index (χ1) is 20.0. The van der Waals surface area contributed by atoms with Crippen LogP contribution in [0.3, 0.4) is 0 Å². The van der Waals surface area contributed by atoms with Gasteiger partial charge in [0, 0.05) is 22.5 Å². The van der Waals surface area contributed by atoms with Crippen LogP contribution in [0, 0.1) is 13.8 Å². The molecule has 0 saturated carbocycles. The monoisotopic (exact) mass is 537 g/mol. The Labute approximate surface area is 247 Å². The third-order valence-electron chi connectivity index (χ3n) is 8.73. The van der Waals surface area contributed by atoms with Crippen LogP contribution in [0.5, 0.6) is 0 Å². The lowest BCUT2D eigenvalue weighted by Gasteiger charge is -2.33. The van der Waals surface area contributed by atoms with Crippen molar-refractivity contribution in [2.24, 2.45) is 0 Å². The van der Waals surface area contributed by atoms with E-state index in [1.807, 2.05) is 0 Å². The van der Waals surface area contributed by atoms with Crippen molar-refractivity contribution in [2.45, 2.75) is 65.7 Å². The van der Waals surface area contributed by atoms with Crippen molar-refractivity contribution in [3.05, 3.63) is 149 Å². The highest BCUT2D eigenvalue weighted by molar-refractivity contribution is 5.78. The molecule has 0 aliphatic rings. The van der Waals surface area contributed by atoms with E-state index in [0.29, 0.717) is 0 Å². The number of aryl methyl sites for hydroxylation is 3. The van der Waals surface area contributed by atoms with E-state index in [4.69, 9.17) is 0 Å². The van der Waals surface area contributed by atoms with E-state index >= 15 is 0 Å².